The molecule has 1 unspecified atom stereocenters. The third-order valence-corrected chi connectivity index (χ3v) is 5.60. The van der Waals surface area contributed by atoms with Gasteiger partial charge < -0.3 is 0 Å². The number of aromatic nitrogens is 2. The van der Waals surface area contributed by atoms with Crippen molar-refractivity contribution in [1.82, 2.24) is 19.6 Å². The van der Waals surface area contributed by atoms with E-state index in [1.165, 1.54) is 35.4 Å². The first-order valence-corrected chi connectivity index (χ1v) is 9.10. The highest BCUT2D eigenvalue weighted by molar-refractivity contribution is 9.10. The van der Waals surface area contributed by atoms with Crippen molar-refractivity contribution in [2.75, 3.05) is 26.2 Å². The minimum absolute atomic E-state index is 0.715. The third-order valence-electron chi connectivity index (χ3n) is 4.69. The van der Waals surface area contributed by atoms with Crippen LogP contribution in [0, 0.1) is 0 Å². The van der Waals surface area contributed by atoms with E-state index < -0.39 is 0 Å². The van der Waals surface area contributed by atoms with Crippen LogP contribution >= 0.6 is 15.9 Å². The van der Waals surface area contributed by atoms with Gasteiger partial charge in [-0.15, -0.1) is 0 Å². The number of hydrogen-bond donors (Lipinski definition) is 0. The van der Waals surface area contributed by atoms with Gasteiger partial charge in [0.2, 0.25) is 0 Å². The summed E-state index contributed by atoms with van der Waals surface area (Å²) < 4.78 is 3.38. The SMILES string of the molecule is CCc1nn(CC)c(CN2CCN(C(C)CC)CC2)c1Br. The Balaban J connectivity index is 1.99. The first kappa shape index (κ1) is 17.0. The van der Waals surface area contributed by atoms with E-state index in [0.29, 0.717) is 6.04 Å². The lowest BCUT2D eigenvalue weighted by Crippen LogP contribution is -2.49. The fourth-order valence-corrected chi connectivity index (χ4v) is 3.69. The molecule has 1 saturated heterocycles. The van der Waals surface area contributed by atoms with Crippen molar-refractivity contribution < 1.29 is 0 Å². The Labute approximate surface area is 137 Å². The maximum absolute atomic E-state index is 4.70. The van der Waals surface area contributed by atoms with E-state index in [9.17, 15) is 0 Å². The van der Waals surface area contributed by atoms with Crippen LogP contribution in [0.3, 0.4) is 0 Å². The lowest BCUT2D eigenvalue weighted by Gasteiger charge is -2.37. The molecule has 4 nitrogen and oxygen atoms in total. The Hall–Kier alpha value is -0.390. The summed E-state index contributed by atoms with van der Waals surface area (Å²) in [5.74, 6) is 0. The van der Waals surface area contributed by atoms with Gasteiger partial charge in [0.25, 0.3) is 0 Å². The molecule has 1 fully saturated rings. The molecule has 1 aromatic rings. The highest BCUT2D eigenvalue weighted by Crippen LogP contribution is 2.24. The summed E-state index contributed by atoms with van der Waals surface area (Å²) in [7, 11) is 0. The topological polar surface area (TPSA) is 24.3 Å². The number of piperazine rings is 1. The van der Waals surface area contributed by atoms with Crippen molar-refractivity contribution in [2.24, 2.45) is 0 Å². The van der Waals surface area contributed by atoms with Gasteiger partial charge in [-0.3, -0.25) is 14.5 Å². The van der Waals surface area contributed by atoms with Crippen molar-refractivity contribution in [2.45, 2.75) is 59.7 Å². The molecule has 0 spiro atoms. The van der Waals surface area contributed by atoms with Crippen molar-refractivity contribution in [1.29, 1.82) is 0 Å². The van der Waals surface area contributed by atoms with E-state index in [-0.39, 0.29) is 0 Å². The van der Waals surface area contributed by atoms with E-state index in [1.54, 1.807) is 0 Å². The van der Waals surface area contributed by atoms with Gasteiger partial charge in [-0.05, 0) is 42.6 Å². The van der Waals surface area contributed by atoms with Crippen LogP contribution in [0.15, 0.2) is 4.47 Å². The first-order valence-electron chi connectivity index (χ1n) is 8.31. The largest absolute Gasteiger partial charge is 0.298 e. The Bertz CT molecular complexity index is 449. The zero-order valence-electron chi connectivity index (χ0n) is 13.9. The molecule has 0 aliphatic carbocycles. The van der Waals surface area contributed by atoms with Gasteiger partial charge in [-0.25, -0.2) is 0 Å². The third kappa shape index (κ3) is 3.88. The zero-order valence-corrected chi connectivity index (χ0v) is 15.5. The maximum atomic E-state index is 4.70. The molecule has 0 amide bonds. The summed E-state index contributed by atoms with van der Waals surface area (Å²) in [4.78, 5) is 5.17. The summed E-state index contributed by atoms with van der Waals surface area (Å²) in [6.45, 7) is 15.6. The molecule has 2 heterocycles. The summed E-state index contributed by atoms with van der Waals surface area (Å²) in [5, 5.41) is 4.70. The smallest absolute Gasteiger partial charge is 0.0767 e. The second-order valence-corrected chi connectivity index (χ2v) is 6.74. The van der Waals surface area contributed by atoms with Gasteiger partial charge in [0.15, 0.2) is 0 Å². The second-order valence-electron chi connectivity index (χ2n) is 5.95. The average molecular weight is 357 g/mol. The maximum Gasteiger partial charge on any atom is 0.0767 e. The van der Waals surface area contributed by atoms with E-state index in [1.807, 2.05) is 0 Å². The van der Waals surface area contributed by atoms with Crippen molar-refractivity contribution in [3.05, 3.63) is 15.9 Å². The molecule has 21 heavy (non-hydrogen) atoms. The van der Waals surface area contributed by atoms with Gasteiger partial charge in [0.1, 0.15) is 0 Å². The summed E-state index contributed by atoms with van der Waals surface area (Å²) >= 11 is 3.76. The Morgan fingerprint density at radius 1 is 1.14 bits per heavy atom. The molecule has 0 saturated carbocycles. The monoisotopic (exact) mass is 356 g/mol. The van der Waals surface area contributed by atoms with Crippen LogP contribution in [0.4, 0.5) is 0 Å². The molecule has 0 aromatic carbocycles. The average Bonchev–Trinajstić information content (AvgIpc) is 2.83. The fourth-order valence-electron chi connectivity index (χ4n) is 3.00. The molecule has 0 bridgehead atoms. The van der Waals surface area contributed by atoms with Crippen LogP contribution in [0.5, 0.6) is 0 Å². The molecule has 2 rings (SSSR count). The number of nitrogens with zero attached hydrogens (tertiary/aromatic N) is 4. The number of aryl methyl sites for hydroxylation is 2. The van der Waals surface area contributed by atoms with Crippen LogP contribution in [-0.2, 0) is 19.5 Å². The number of hydrogen-bond acceptors (Lipinski definition) is 3. The number of halogens is 1. The molecule has 1 aliphatic heterocycles. The first-order chi connectivity index (χ1) is 10.1. The molecule has 1 atom stereocenters. The lowest BCUT2D eigenvalue weighted by atomic mass is 10.2. The van der Waals surface area contributed by atoms with E-state index in [4.69, 9.17) is 5.10 Å². The summed E-state index contributed by atoms with van der Waals surface area (Å²) in [6.07, 6.45) is 2.23. The Morgan fingerprint density at radius 2 is 1.81 bits per heavy atom. The molecule has 0 N–H and O–H groups in total. The second kappa shape index (κ2) is 7.75. The highest BCUT2D eigenvalue weighted by Gasteiger charge is 2.22. The Kier molecular flexibility index (Phi) is 6.26. The number of rotatable bonds is 6. The molecule has 1 aliphatic rings. The zero-order chi connectivity index (χ0) is 15.4. The van der Waals surface area contributed by atoms with Crippen molar-refractivity contribution >= 4 is 15.9 Å². The molecular weight excluding hydrogens is 328 g/mol. The van der Waals surface area contributed by atoms with Crippen molar-refractivity contribution in [3.63, 3.8) is 0 Å². The molecule has 0 radical (unpaired) electrons. The molecule has 5 heteroatoms. The van der Waals surface area contributed by atoms with Crippen LogP contribution < -0.4 is 0 Å². The predicted octanol–water partition coefficient (Wildman–Crippen LogP) is 3.14. The molecule has 1 aromatic heterocycles. The van der Waals surface area contributed by atoms with Gasteiger partial charge in [-0.1, -0.05) is 13.8 Å². The molecular formula is C16H29BrN4. The summed E-state index contributed by atoms with van der Waals surface area (Å²) in [6, 6.07) is 0.715. The standard InChI is InChI=1S/C16H29BrN4/c1-5-13(4)20-10-8-19(9-11-20)12-15-16(17)14(6-2)18-21(15)7-3/h13H,5-12H2,1-4H3. The van der Waals surface area contributed by atoms with Crippen LogP contribution in [0.1, 0.15) is 45.5 Å². The fraction of sp³-hybridized carbons (Fsp3) is 0.812. The highest BCUT2D eigenvalue weighted by atomic mass is 79.9. The minimum atomic E-state index is 0.715. The Morgan fingerprint density at radius 3 is 2.33 bits per heavy atom. The van der Waals surface area contributed by atoms with Crippen LogP contribution in [0.2, 0.25) is 0 Å². The summed E-state index contributed by atoms with van der Waals surface area (Å²) in [5.41, 5.74) is 2.52. The normalized spacial score (nSPS) is 19.1. The van der Waals surface area contributed by atoms with E-state index in [0.717, 1.165) is 32.6 Å². The predicted molar refractivity (Wildman–Crippen MR) is 91.6 cm³/mol. The van der Waals surface area contributed by atoms with Gasteiger partial charge in [-0.2, -0.15) is 5.10 Å². The quantitative estimate of drug-likeness (QED) is 0.782. The van der Waals surface area contributed by atoms with Gasteiger partial charge in [0.05, 0.1) is 15.9 Å². The van der Waals surface area contributed by atoms with Crippen LogP contribution in [0.25, 0.3) is 0 Å². The minimum Gasteiger partial charge on any atom is -0.298 e. The van der Waals surface area contributed by atoms with Crippen LogP contribution in [-0.4, -0.2) is 51.8 Å². The molecule has 120 valence electrons. The van der Waals surface area contributed by atoms with Crippen molar-refractivity contribution in [3.8, 4) is 0 Å². The lowest BCUT2D eigenvalue weighted by molar-refractivity contribution is 0.0945. The van der Waals surface area contributed by atoms with Gasteiger partial charge in [0, 0.05) is 45.3 Å². The van der Waals surface area contributed by atoms with E-state index >= 15 is 0 Å². The van der Waals surface area contributed by atoms with Gasteiger partial charge >= 0.3 is 0 Å². The van der Waals surface area contributed by atoms with E-state index in [2.05, 4.69) is 58.1 Å².